The van der Waals surface area contributed by atoms with Crippen LogP contribution in [0.1, 0.15) is 170 Å². The number of nitrogens with one attached hydrogen (secondary N) is 17. The van der Waals surface area contributed by atoms with Crippen molar-refractivity contribution in [3.05, 3.63) is 29.8 Å². The van der Waals surface area contributed by atoms with Crippen molar-refractivity contribution in [1.29, 1.82) is 10.8 Å². The van der Waals surface area contributed by atoms with Gasteiger partial charge in [0.2, 0.25) is 82.7 Å². The van der Waals surface area contributed by atoms with Crippen molar-refractivity contribution < 1.29 is 87.2 Å². The lowest BCUT2D eigenvalue weighted by molar-refractivity contribution is -0.142. The first-order valence-electron chi connectivity index (χ1n) is 40.0. The quantitative estimate of drug-likeness (QED) is 0.0125. The Kier molecular flexibility index (Phi) is 50.8. The number of carbonyl (C=O) groups excluding carboxylic acids is 14. The number of thiol groups is 2. The molecule has 1 aromatic rings. The smallest absolute Gasteiger partial charge is 0.326 e. The van der Waals surface area contributed by atoms with Crippen molar-refractivity contribution >= 4 is 126 Å². The molecule has 0 heterocycles. The van der Waals surface area contributed by atoms with Gasteiger partial charge in [0.15, 0.2) is 11.9 Å². The zero-order chi connectivity index (χ0) is 90.4. The zero-order valence-corrected chi connectivity index (χ0v) is 71.1. The van der Waals surface area contributed by atoms with E-state index in [0.29, 0.717) is 37.7 Å². The monoisotopic (exact) mass is 1720 g/mol. The SMILES string of the molecule is CCCC[C@H](NC(=O)[C@H](CCCNC(=N)N)NC(=O)[C@H](CCCN)NC(=O)[C@H](CS)NC(=O)[C@H](CCCCN)NC(=O)[C@@H](CCN)NC(=O)[C@@H](NC(=O)[C@H](CCN)NC(=O)[C@H](CCCNC(=N)N)NC(=O)[C@H](CC(N)=O)NC(=O)[C@@H](NC(=O)[C@H](Cc1ccc(O)cc1)NC(=O)[C@@H](NC(=O)[C@@H](N)[C@@H](C)CC)[C@@H](C)CC)C(C)(C)S)[C@@H](C)O)C(=O)O. The third-order valence-electron chi connectivity index (χ3n) is 19.3. The highest BCUT2D eigenvalue weighted by Crippen LogP contribution is 2.21. The van der Waals surface area contributed by atoms with Crippen molar-refractivity contribution in [2.75, 3.05) is 45.0 Å². The van der Waals surface area contributed by atoms with E-state index in [0.717, 1.165) is 6.92 Å². The molecule has 43 nitrogen and oxygen atoms in total. The van der Waals surface area contributed by atoms with Crippen LogP contribution in [0.4, 0.5) is 0 Å². The van der Waals surface area contributed by atoms with Crippen LogP contribution in [-0.2, 0) is 78.3 Å². The van der Waals surface area contributed by atoms with E-state index < -0.39 is 202 Å². The Morgan fingerprint density at radius 3 is 1.19 bits per heavy atom. The van der Waals surface area contributed by atoms with Crippen LogP contribution in [0.2, 0.25) is 0 Å². The number of rotatable bonds is 60. The average Bonchev–Trinajstić information content (AvgIpc) is 0.840. The van der Waals surface area contributed by atoms with E-state index in [1.54, 1.807) is 20.8 Å². The van der Waals surface area contributed by atoms with Gasteiger partial charge in [-0.05, 0) is 154 Å². The fourth-order valence-corrected chi connectivity index (χ4v) is 12.2. The lowest BCUT2D eigenvalue weighted by Gasteiger charge is -2.33. The number of hydrogen-bond donors (Lipinski definition) is 30. The maximum Gasteiger partial charge on any atom is 0.326 e. The summed E-state index contributed by atoms with van der Waals surface area (Å²) < 4.78 is -1.53. The van der Waals surface area contributed by atoms with Gasteiger partial charge in [0.05, 0.1) is 18.6 Å². The Morgan fingerprint density at radius 1 is 0.429 bits per heavy atom. The lowest BCUT2D eigenvalue weighted by atomic mass is 9.94. The minimum atomic E-state index is -1.92. The van der Waals surface area contributed by atoms with Gasteiger partial charge in [0.1, 0.15) is 84.3 Å². The number of aromatic hydroxyl groups is 1. The van der Waals surface area contributed by atoms with Crippen molar-refractivity contribution in [3.8, 4) is 5.75 Å². The zero-order valence-electron chi connectivity index (χ0n) is 69.3. The summed E-state index contributed by atoms with van der Waals surface area (Å²) in [6.45, 7) is 12.5. The van der Waals surface area contributed by atoms with Crippen molar-refractivity contribution in [2.24, 2.45) is 57.7 Å². The Labute approximate surface area is 705 Å². The largest absolute Gasteiger partial charge is 0.508 e. The third kappa shape index (κ3) is 40.6. The highest BCUT2D eigenvalue weighted by molar-refractivity contribution is 7.81. The van der Waals surface area contributed by atoms with Crippen LogP contribution >= 0.6 is 25.3 Å². The van der Waals surface area contributed by atoms with Gasteiger partial charge in [0, 0.05) is 30.0 Å². The number of carbonyl (C=O) groups is 15. The van der Waals surface area contributed by atoms with Crippen LogP contribution in [-0.4, -0.2) is 256 Å². The Morgan fingerprint density at radius 2 is 0.790 bits per heavy atom. The summed E-state index contributed by atoms with van der Waals surface area (Å²) in [4.78, 5) is 210. The van der Waals surface area contributed by atoms with Gasteiger partial charge in [-0.3, -0.25) is 77.9 Å². The second-order valence-electron chi connectivity index (χ2n) is 29.8. The van der Waals surface area contributed by atoms with Crippen LogP contribution in [0, 0.1) is 22.7 Å². The van der Waals surface area contributed by atoms with E-state index in [2.05, 4.69) is 105 Å². The number of aliphatic hydroxyl groups is 1. The molecular formula is C74H133N25O18S2. The van der Waals surface area contributed by atoms with Gasteiger partial charge in [-0.2, -0.15) is 25.3 Å². The van der Waals surface area contributed by atoms with Gasteiger partial charge >= 0.3 is 5.97 Å². The maximum atomic E-state index is 14.6. The molecule has 14 amide bonds. The Balaban J connectivity index is 3.68. The van der Waals surface area contributed by atoms with Gasteiger partial charge < -0.3 is 141 Å². The van der Waals surface area contributed by atoms with Crippen LogP contribution < -0.4 is 126 Å². The molecule has 0 aliphatic rings. The Hall–Kier alpha value is -9.93. The number of aliphatic carboxylic acids is 1. The van der Waals surface area contributed by atoms with Gasteiger partial charge in [0.25, 0.3) is 0 Å². The van der Waals surface area contributed by atoms with Crippen molar-refractivity contribution in [1.82, 2.24) is 79.8 Å². The number of carboxylic acids is 1. The number of unbranched alkanes of at least 4 members (excludes halogenated alkanes) is 2. The fraction of sp³-hybridized carbons (Fsp3) is 0.689. The van der Waals surface area contributed by atoms with Crippen LogP contribution in [0.5, 0.6) is 5.75 Å². The summed E-state index contributed by atoms with van der Waals surface area (Å²) in [5.74, 6) is -17.3. The summed E-state index contributed by atoms with van der Waals surface area (Å²) in [7, 11) is 0. The molecule has 0 unspecified atom stereocenters. The summed E-state index contributed by atoms with van der Waals surface area (Å²) in [6.07, 6.45) is -1.23. The number of aliphatic hydroxyl groups excluding tert-OH is 1. The summed E-state index contributed by atoms with van der Waals surface area (Å²) in [6, 6.07) is -15.6. The second kappa shape index (κ2) is 56.5. The van der Waals surface area contributed by atoms with E-state index in [1.807, 2.05) is 13.8 Å². The first-order chi connectivity index (χ1) is 56.0. The predicted molar refractivity (Wildman–Crippen MR) is 450 cm³/mol. The first kappa shape index (κ1) is 107. The molecule has 1 rings (SSSR count). The number of benzene rings is 1. The maximum absolute atomic E-state index is 14.6. The number of phenols is 1. The summed E-state index contributed by atoms with van der Waals surface area (Å²) in [5.41, 5.74) is 46.6. The highest BCUT2D eigenvalue weighted by Gasteiger charge is 2.42. The number of nitrogens with two attached hydrogens (primary N) is 8. The van der Waals surface area contributed by atoms with E-state index in [9.17, 15) is 87.2 Å². The standard InChI is InChI=1S/C74H133N25O18S2/c1-9-12-18-49(71(116)117)93-60(105)46(22-17-34-86-73(83)84)88-58(103)44(20-15-30-76)90-66(111)52(37-118)96-61(106)43(19-13-14-29-75)87-62(107)47(27-31-77)92-69(114)56(40(6)100)98-63(108)48(28-32-78)91-59(104)45(21-16-33-85-72(81)82)89-64(109)51(36-53(79)102)95-70(115)57(74(7,8)119)99-65(110)50(35-41-23-25-42(101)26-24-41)94-68(113)55(39(5)11-3)97-67(112)54(80)38(4)10-2/h23-26,38-40,43-52,54-57,100-101,118-119H,9-22,27-37,75-78,80H2,1-8H3,(H2,79,102)(H,87,107)(H,88,103)(H,89,109)(H,90,111)(H,91,104)(H,92,114)(H,93,105)(H,94,113)(H,95,115)(H,96,106)(H,97,112)(H,98,108)(H,99,110)(H,116,117)(H4,81,82,85)(H4,83,84,86)/t38-,39-,40+,43-,44-,45-,46-,47+,48-,49-,50-,51-,52-,54-,55-,56-,57+/m0/s1. The topological polar surface area (TPSA) is 753 Å². The number of primary amides is 1. The molecule has 1 aromatic carbocycles. The van der Waals surface area contributed by atoms with Crippen molar-refractivity contribution in [3.63, 3.8) is 0 Å². The molecule has 119 heavy (non-hydrogen) atoms. The molecule has 0 fully saturated rings. The van der Waals surface area contributed by atoms with E-state index in [-0.39, 0.29) is 140 Å². The lowest BCUT2D eigenvalue weighted by Crippen LogP contribution is -2.64. The second-order valence-corrected chi connectivity index (χ2v) is 31.3. The van der Waals surface area contributed by atoms with E-state index in [1.165, 1.54) is 38.1 Å². The Bertz CT molecular complexity index is 3490. The van der Waals surface area contributed by atoms with Gasteiger partial charge in [-0.15, -0.1) is 0 Å². The molecule has 0 saturated carbocycles. The third-order valence-corrected chi connectivity index (χ3v) is 19.9. The predicted octanol–water partition coefficient (Wildman–Crippen LogP) is -7.08. The molecule has 45 heteroatoms. The molecule has 0 aromatic heterocycles. The van der Waals surface area contributed by atoms with E-state index in [4.69, 9.17) is 56.7 Å². The van der Waals surface area contributed by atoms with Crippen LogP contribution in [0.3, 0.4) is 0 Å². The molecule has 17 atom stereocenters. The van der Waals surface area contributed by atoms with Crippen molar-refractivity contribution in [2.45, 2.75) is 266 Å². The molecule has 0 bridgehead atoms. The highest BCUT2D eigenvalue weighted by atomic mass is 32.1. The molecular weight excluding hydrogens is 1590 g/mol. The molecule has 0 spiro atoms. The summed E-state index contributed by atoms with van der Waals surface area (Å²) >= 11 is 8.89. The first-order valence-corrected chi connectivity index (χ1v) is 41.0. The number of carboxylic acid groups (broad SMARTS) is 1. The van der Waals surface area contributed by atoms with Gasteiger partial charge in [-0.25, -0.2) is 4.79 Å². The van der Waals surface area contributed by atoms with Crippen LogP contribution in [0.25, 0.3) is 0 Å². The average molecular weight is 1730 g/mol. The van der Waals surface area contributed by atoms with Crippen LogP contribution in [0.15, 0.2) is 24.3 Å². The molecule has 0 aliphatic heterocycles. The normalized spacial score (nSPS) is 15.6. The van der Waals surface area contributed by atoms with E-state index >= 15 is 0 Å². The number of phenolic OH excluding ortho intramolecular Hbond substituents is 1. The number of guanidine groups is 2. The minimum absolute atomic E-state index is 0.0398. The fourth-order valence-electron chi connectivity index (χ4n) is 11.8. The molecule has 0 saturated heterocycles. The number of hydrogen-bond acceptors (Lipinski definition) is 26. The van der Waals surface area contributed by atoms with Gasteiger partial charge in [-0.1, -0.05) is 72.4 Å². The molecule has 36 N–H and O–H groups in total. The minimum Gasteiger partial charge on any atom is -0.508 e. The molecule has 0 radical (unpaired) electrons. The summed E-state index contributed by atoms with van der Waals surface area (Å²) in [5, 5.41) is 84.0. The number of amides is 14. The molecule has 0 aliphatic carbocycles. The molecule has 674 valence electrons.